The number of hydrogen-bond donors (Lipinski definition) is 1. The summed E-state index contributed by atoms with van der Waals surface area (Å²) in [5.74, 6) is 0.802. The molecule has 0 saturated carbocycles. The highest BCUT2D eigenvalue weighted by atomic mass is 35.5. The fraction of sp³-hybridized carbons (Fsp3) is 0.0909. The minimum Gasteiger partial charge on any atom is -0.340 e. The standard InChI is InChI=1S/C11H9ClFN3/c1-7-14-10(12)6-11(15-7)16-9-4-2-3-8(13)5-9/h2-6H,1H3,(H,14,15,16). The van der Waals surface area contributed by atoms with Crippen LogP contribution in [0.3, 0.4) is 0 Å². The second-order valence-corrected chi connectivity index (χ2v) is 3.65. The van der Waals surface area contributed by atoms with E-state index in [2.05, 4.69) is 15.3 Å². The Bertz CT molecular complexity index is 496. The van der Waals surface area contributed by atoms with Crippen molar-refractivity contribution in [1.82, 2.24) is 9.97 Å². The van der Waals surface area contributed by atoms with Crippen molar-refractivity contribution < 1.29 is 4.39 Å². The molecule has 16 heavy (non-hydrogen) atoms. The molecular formula is C11H9ClFN3. The molecule has 0 unspecified atom stereocenters. The number of aryl methyl sites for hydroxylation is 1. The molecule has 0 amide bonds. The van der Waals surface area contributed by atoms with E-state index in [0.717, 1.165) is 0 Å². The zero-order chi connectivity index (χ0) is 11.5. The Labute approximate surface area is 97.3 Å². The molecule has 3 nitrogen and oxygen atoms in total. The van der Waals surface area contributed by atoms with Crippen molar-refractivity contribution in [2.45, 2.75) is 6.92 Å². The summed E-state index contributed by atoms with van der Waals surface area (Å²) in [5.41, 5.74) is 0.620. The van der Waals surface area contributed by atoms with Gasteiger partial charge in [-0.3, -0.25) is 0 Å². The lowest BCUT2D eigenvalue weighted by Gasteiger charge is -2.06. The van der Waals surface area contributed by atoms with E-state index >= 15 is 0 Å². The summed E-state index contributed by atoms with van der Waals surface area (Å²) >= 11 is 5.78. The average molecular weight is 238 g/mol. The van der Waals surface area contributed by atoms with Crippen LogP contribution >= 0.6 is 11.6 Å². The van der Waals surface area contributed by atoms with Crippen LogP contribution in [0.25, 0.3) is 0 Å². The Morgan fingerprint density at radius 3 is 2.75 bits per heavy atom. The summed E-state index contributed by atoms with van der Waals surface area (Å²) < 4.78 is 12.9. The largest absolute Gasteiger partial charge is 0.340 e. The van der Waals surface area contributed by atoms with E-state index in [1.54, 1.807) is 25.1 Å². The van der Waals surface area contributed by atoms with Gasteiger partial charge >= 0.3 is 0 Å². The van der Waals surface area contributed by atoms with Gasteiger partial charge in [0, 0.05) is 11.8 Å². The van der Waals surface area contributed by atoms with Gasteiger partial charge in [0.2, 0.25) is 0 Å². The molecule has 2 aromatic rings. The first-order valence-corrected chi connectivity index (χ1v) is 5.05. The Balaban J connectivity index is 2.27. The van der Waals surface area contributed by atoms with Crippen LogP contribution in [-0.2, 0) is 0 Å². The molecule has 0 aliphatic heterocycles. The number of halogens is 2. The molecule has 0 fully saturated rings. The monoisotopic (exact) mass is 237 g/mol. The fourth-order valence-electron chi connectivity index (χ4n) is 1.31. The summed E-state index contributed by atoms with van der Waals surface area (Å²) in [7, 11) is 0. The van der Waals surface area contributed by atoms with E-state index in [9.17, 15) is 4.39 Å². The average Bonchev–Trinajstić information content (AvgIpc) is 2.15. The number of rotatable bonds is 2. The van der Waals surface area contributed by atoms with E-state index in [4.69, 9.17) is 11.6 Å². The van der Waals surface area contributed by atoms with Crippen LogP contribution in [0.1, 0.15) is 5.82 Å². The van der Waals surface area contributed by atoms with Crippen LogP contribution in [0, 0.1) is 12.7 Å². The van der Waals surface area contributed by atoms with Crippen LogP contribution in [0.15, 0.2) is 30.3 Å². The van der Waals surface area contributed by atoms with E-state index in [1.807, 2.05) is 0 Å². The van der Waals surface area contributed by atoms with Crippen molar-refractivity contribution in [3.8, 4) is 0 Å². The molecule has 0 bridgehead atoms. The molecule has 5 heteroatoms. The molecule has 2 rings (SSSR count). The lowest BCUT2D eigenvalue weighted by atomic mass is 10.3. The first kappa shape index (κ1) is 10.8. The van der Waals surface area contributed by atoms with Gasteiger partial charge in [0.25, 0.3) is 0 Å². The molecular weight excluding hydrogens is 229 g/mol. The van der Waals surface area contributed by atoms with Crippen molar-refractivity contribution in [1.29, 1.82) is 0 Å². The summed E-state index contributed by atoms with van der Waals surface area (Å²) in [6.07, 6.45) is 0. The zero-order valence-electron chi connectivity index (χ0n) is 8.54. The highest BCUT2D eigenvalue weighted by molar-refractivity contribution is 6.29. The minimum absolute atomic E-state index is 0.304. The SMILES string of the molecule is Cc1nc(Cl)cc(Nc2cccc(F)c2)n1. The molecule has 0 spiro atoms. The van der Waals surface area contributed by atoms with Gasteiger partial charge in [-0.15, -0.1) is 0 Å². The maximum absolute atomic E-state index is 12.9. The molecule has 0 aliphatic rings. The second kappa shape index (κ2) is 4.45. The molecule has 0 atom stereocenters. The van der Waals surface area contributed by atoms with Gasteiger partial charge in [-0.2, -0.15) is 0 Å². The second-order valence-electron chi connectivity index (χ2n) is 3.26. The lowest BCUT2D eigenvalue weighted by Crippen LogP contribution is -1.97. The Morgan fingerprint density at radius 1 is 1.25 bits per heavy atom. The predicted octanol–water partition coefficient (Wildman–Crippen LogP) is 3.32. The van der Waals surface area contributed by atoms with Gasteiger partial charge < -0.3 is 5.32 Å². The third-order valence-corrected chi connectivity index (χ3v) is 2.10. The summed E-state index contributed by atoms with van der Waals surface area (Å²) in [5, 5.41) is 3.30. The number of nitrogens with zero attached hydrogens (tertiary/aromatic N) is 2. The Hall–Kier alpha value is -1.68. The molecule has 1 heterocycles. The normalized spacial score (nSPS) is 10.2. The highest BCUT2D eigenvalue weighted by Crippen LogP contribution is 2.17. The van der Waals surface area contributed by atoms with Gasteiger partial charge in [0.15, 0.2) is 0 Å². The quantitative estimate of drug-likeness (QED) is 0.815. The van der Waals surface area contributed by atoms with Crippen molar-refractivity contribution in [2.75, 3.05) is 5.32 Å². The molecule has 1 aromatic carbocycles. The van der Waals surface area contributed by atoms with E-state index in [1.165, 1.54) is 12.1 Å². The van der Waals surface area contributed by atoms with Crippen LogP contribution in [0.2, 0.25) is 5.15 Å². The minimum atomic E-state index is -0.304. The molecule has 0 radical (unpaired) electrons. The molecule has 0 saturated heterocycles. The van der Waals surface area contributed by atoms with Gasteiger partial charge in [-0.25, -0.2) is 14.4 Å². The third-order valence-electron chi connectivity index (χ3n) is 1.90. The first-order valence-electron chi connectivity index (χ1n) is 4.67. The summed E-state index contributed by atoms with van der Waals surface area (Å²) in [6.45, 7) is 1.74. The van der Waals surface area contributed by atoms with E-state index in [0.29, 0.717) is 22.5 Å². The van der Waals surface area contributed by atoms with E-state index in [-0.39, 0.29) is 5.82 Å². The topological polar surface area (TPSA) is 37.8 Å². The highest BCUT2D eigenvalue weighted by Gasteiger charge is 2.01. The maximum Gasteiger partial charge on any atom is 0.135 e. The fourth-order valence-corrected chi connectivity index (χ4v) is 1.54. The Kier molecular flexibility index (Phi) is 3.01. The molecule has 1 N–H and O–H groups in total. The predicted molar refractivity (Wildman–Crippen MR) is 61.5 cm³/mol. The van der Waals surface area contributed by atoms with Gasteiger partial charge in [0.05, 0.1) is 0 Å². The van der Waals surface area contributed by atoms with Crippen molar-refractivity contribution in [2.24, 2.45) is 0 Å². The van der Waals surface area contributed by atoms with Crippen molar-refractivity contribution in [3.05, 3.63) is 47.1 Å². The summed E-state index contributed by atoms with van der Waals surface area (Å²) in [4.78, 5) is 8.06. The van der Waals surface area contributed by atoms with Crippen LogP contribution in [0.5, 0.6) is 0 Å². The smallest absolute Gasteiger partial charge is 0.135 e. The maximum atomic E-state index is 12.9. The Morgan fingerprint density at radius 2 is 2.06 bits per heavy atom. The molecule has 82 valence electrons. The number of nitrogens with one attached hydrogen (secondary N) is 1. The third kappa shape index (κ3) is 2.67. The lowest BCUT2D eigenvalue weighted by molar-refractivity contribution is 0.628. The first-order chi connectivity index (χ1) is 7.63. The van der Waals surface area contributed by atoms with Gasteiger partial charge in [-0.05, 0) is 25.1 Å². The van der Waals surface area contributed by atoms with Gasteiger partial charge in [0.1, 0.15) is 22.6 Å². The molecule has 0 aliphatic carbocycles. The van der Waals surface area contributed by atoms with Crippen molar-refractivity contribution in [3.63, 3.8) is 0 Å². The molecule has 1 aromatic heterocycles. The van der Waals surface area contributed by atoms with Crippen molar-refractivity contribution >= 4 is 23.1 Å². The van der Waals surface area contributed by atoms with Crippen LogP contribution < -0.4 is 5.32 Å². The van der Waals surface area contributed by atoms with Crippen LogP contribution in [0.4, 0.5) is 15.9 Å². The number of aromatic nitrogens is 2. The van der Waals surface area contributed by atoms with Gasteiger partial charge in [-0.1, -0.05) is 17.7 Å². The summed E-state index contributed by atoms with van der Waals surface area (Å²) in [6, 6.07) is 7.70. The number of hydrogen-bond acceptors (Lipinski definition) is 3. The van der Waals surface area contributed by atoms with E-state index < -0.39 is 0 Å². The van der Waals surface area contributed by atoms with Crippen LogP contribution in [-0.4, -0.2) is 9.97 Å². The number of anilines is 2. The zero-order valence-corrected chi connectivity index (χ0v) is 9.29. The number of benzene rings is 1.